The van der Waals surface area contributed by atoms with Gasteiger partial charge in [-0.1, -0.05) is 19.1 Å². The number of anilines is 1. The van der Waals surface area contributed by atoms with Gasteiger partial charge in [-0.15, -0.1) is 0 Å². The summed E-state index contributed by atoms with van der Waals surface area (Å²) in [5, 5.41) is 2.57. The molecule has 2 aromatic carbocycles. The molecule has 0 fully saturated rings. The number of amides is 1. The van der Waals surface area contributed by atoms with Crippen molar-refractivity contribution in [3.05, 3.63) is 95.1 Å². The van der Waals surface area contributed by atoms with Crippen LogP contribution in [-0.4, -0.2) is 20.9 Å². The molecule has 1 N–H and O–H groups in total. The van der Waals surface area contributed by atoms with Crippen molar-refractivity contribution >= 4 is 11.6 Å². The van der Waals surface area contributed by atoms with Crippen molar-refractivity contribution in [2.45, 2.75) is 33.4 Å². The molecule has 0 unspecified atom stereocenters. The summed E-state index contributed by atoms with van der Waals surface area (Å²) in [5.41, 5.74) is 1.50. The summed E-state index contributed by atoms with van der Waals surface area (Å²) in [6, 6.07) is 13.8. The first kappa shape index (κ1) is 24.8. The summed E-state index contributed by atoms with van der Waals surface area (Å²) >= 11 is 0. The molecule has 9 heteroatoms. The highest BCUT2D eigenvalue weighted by molar-refractivity contribution is 6.05. The molecule has 6 nitrogen and oxygen atoms in total. The van der Waals surface area contributed by atoms with Crippen LogP contribution in [0.3, 0.4) is 0 Å². The Bertz CT molecular complexity index is 1420. The van der Waals surface area contributed by atoms with Crippen LogP contribution in [0.25, 0.3) is 11.3 Å². The number of carbonyl (C=O) groups excluding carboxylic acids is 1. The first-order valence-electron chi connectivity index (χ1n) is 11.2. The molecule has 0 radical (unpaired) electrons. The van der Waals surface area contributed by atoms with E-state index >= 15 is 0 Å². The third-order valence-corrected chi connectivity index (χ3v) is 5.61. The van der Waals surface area contributed by atoms with E-state index in [4.69, 9.17) is 4.74 Å². The molecule has 0 saturated carbocycles. The second-order valence-corrected chi connectivity index (χ2v) is 8.08. The summed E-state index contributed by atoms with van der Waals surface area (Å²) in [6.07, 6.45) is -0.587. The van der Waals surface area contributed by atoms with Gasteiger partial charge in [-0.25, -0.2) is 15.0 Å². The second kappa shape index (κ2) is 10.2. The van der Waals surface area contributed by atoms with E-state index in [9.17, 15) is 18.0 Å². The number of aryl methyl sites for hydroxylation is 2. The van der Waals surface area contributed by atoms with Crippen LogP contribution in [0, 0.1) is 13.8 Å². The molecule has 0 aliphatic rings. The van der Waals surface area contributed by atoms with E-state index in [1.807, 2.05) is 19.9 Å². The van der Waals surface area contributed by atoms with E-state index in [-0.39, 0.29) is 16.8 Å². The van der Waals surface area contributed by atoms with Crippen LogP contribution in [0.1, 0.15) is 39.8 Å². The van der Waals surface area contributed by atoms with Crippen molar-refractivity contribution in [1.82, 2.24) is 15.0 Å². The number of pyridine rings is 1. The van der Waals surface area contributed by atoms with Gasteiger partial charge in [0.25, 0.3) is 5.91 Å². The molecule has 36 heavy (non-hydrogen) atoms. The van der Waals surface area contributed by atoms with E-state index in [1.54, 1.807) is 36.7 Å². The largest absolute Gasteiger partial charge is 0.438 e. The molecular weight excluding hydrogens is 469 g/mol. The maximum Gasteiger partial charge on any atom is 0.416 e. The molecule has 0 bridgehead atoms. The first-order chi connectivity index (χ1) is 17.2. The van der Waals surface area contributed by atoms with Crippen LogP contribution < -0.4 is 10.1 Å². The number of ether oxygens (including phenoxy) is 1. The fraction of sp³-hybridized carbons (Fsp3) is 0.185. The van der Waals surface area contributed by atoms with Gasteiger partial charge in [0, 0.05) is 30.1 Å². The number of nitrogens with one attached hydrogen (secondary N) is 1. The van der Waals surface area contributed by atoms with Crippen LogP contribution in [0.4, 0.5) is 18.9 Å². The topological polar surface area (TPSA) is 77.0 Å². The molecule has 1 amide bonds. The Balaban J connectivity index is 1.62. The van der Waals surface area contributed by atoms with Crippen molar-refractivity contribution < 1.29 is 22.7 Å². The molecule has 0 aliphatic carbocycles. The van der Waals surface area contributed by atoms with Gasteiger partial charge in [-0.3, -0.25) is 4.79 Å². The van der Waals surface area contributed by atoms with Crippen molar-refractivity contribution in [3.63, 3.8) is 0 Å². The molecule has 0 saturated heterocycles. The van der Waals surface area contributed by atoms with Crippen molar-refractivity contribution in [2.75, 3.05) is 5.32 Å². The standard InChI is InChI=1S/C27H23F3N4O2/c1-4-24-31-14-12-22(33-24)19-7-6-13-32-26(19)36-23-15-18(11-10-16(23)2)25(35)34-21-9-5-8-20(17(21)3)27(28,29)30/h5-15H,4H2,1-3H3,(H,34,35). The average Bonchev–Trinajstić information content (AvgIpc) is 2.86. The van der Waals surface area contributed by atoms with Crippen molar-refractivity contribution in [2.24, 2.45) is 0 Å². The lowest BCUT2D eigenvalue weighted by Gasteiger charge is -2.15. The Morgan fingerprint density at radius 1 is 1.00 bits per heavy atom. The number of hydrogen-bond acceptors (Lipinski definition) is 5. The lowest BCUT2D eigenvalue weighted by Crippen LogP contribution is -2.15. The van der Waals surface area contributed by atoms with E-state index < -0.39 is 17.6 Å². The van der Waals surface area contributed by atoms with Crippen LogP contribution in [-0.2, 0) is 12.6 Å². The maximum absolute atomic E-state index is 13.2. The molecule has 0 atom stereocenters. The van der Waals surface area contributed by atoms with Gasteiger partial charge in [-0.2, -0.15) is 13.2 Å². The molecule has 0 spiro atoms. The minimum absolute atomic E-state index is 0.0589. The fourth-order valence-electron chi connectivity index (χ4n) is 3.61. The molecule has 0 aliphatic heterocycles. The zero-order valence-corrected chi connectivity index (χ0v) is 19.8. The van der Waals surface area contributed by atoms with Crippen LogP contribution in [0.2, 0.25) is 0 Å². The number of nitrogens with zero attached hydrogens (tertiary/aromatic N) is 3. The van der Waals surface area contributed by atoms with Gasteiger partial charge < -0.3 is 10.1 Å². The van der Waals surface area contributed by atoms with Gasteiger partial charge in [0.2, 0.25) is 5.88 Å². The zero-order chi connectivity index (χ0) is 25.9. The molecule has 4 rings (SSSR count). The highest BCUT2D eigenvalue weighted by atomic mass is 19.4. The molecule has 184 valence electrons. The van der Waals surface area contributed by atoms with Crippen molar-refractivity contribution in [1.29, 1.82) is 0 Å². The molecule has 2 aromatic heterocycles. The van der Waals surface area contributed by atoms with E-state index in [2.05, 4.69) is 20.3 Å². The maximum atomic E-state index is 13.2. The smallest absolute Gasteiger partial charge is 0.416 e. The number of benzene rings is 2. The fourth-order valence-corrected chi connectivity index (χ4v) is 3.61. The number of carbonyl (C=O) groups is 1. The Kier molecular flexibility index (Phi) is 7.00. The minimum Gasteiger partial charge on any atom is -0.438 e. The lowest BCUT2D eigenvalue weighted by atomic mass is 10.1. The summed E-state index contributed by atoms with van der Waals surface area (Å²) in [5.74, 6) is 0.801. The summed E-state index contributed by atoms with van der Waals surface area (Å²) in [7, 11) is 0. The van der Waals surface area contributed by atoms with Gasteiger partial charge >= 0.3 is 6.18 Å². The highest BCUT2D eigenvalue weighted by Crippen LogP contribution is 2.35. The second-order valence-electron chi connectivity index (χ2n) is 8.08. The van der Waals surface area contributed by atoms with Gasteiger partial charge in [-0.05, 0) is 67.4 Å². The monoisotopic (exact) mass is 492 g/mol. The minimum atomic E-state index is -4.52. The average molecular weight is 493 g/mol. The quantitative estimate of drug-likeness (QED) is 0.321. The summed E-state index contributed by atoms with van der Waals surface area (Å²) < 4.78 is 45.8. The highest BCUT2D eigenvalue weighted by Gasteiger charge is 2.33. The third-order valence-electron chi connectivity index (χ3n) is 5.61. The predicted octanol–water partition coefficient (Wildman–Crippen LogP) is 6.78. The van der Waals surface area contributed by atoms with Crippen LogP contribution in [0.5, 0.6) is 11.6 Å². The number of alkyl halides is 3. The number of halogens is 3. The SMILES string of the molecule is CCc1nccc(-c2cccnc2Oc2cc(C(=O)Nc3cccc(C(F)(F)F)c3C)ccc2C)n1. The first-order valence-corrected chi connectivity index (χ1v) is 11.2. The van der Waals surface area contributed by atoms with Gasteiger partial charge in [0.15, 0.2) is 0 Å². The zero-order valence-electron chi connectivity index (χ0n) is 19.8. The molecular formula is C27H23F3N4O2. The van der Waals surface area contributed by atoms with E-state index in [1.165, 1.54) is 25.1 Å². The lowest BCUT2D eigenvalue weighted by molar-refractivity contribution is -0.138. The van der Waals surface area contributed by atoms with Crippen molar-refractivity contribution in [3.8, 4) is 22.9 Å². The van der Waals surface area contributed by atoms with E-state index in [0.29, 0.717) is 35.1 Å². The number of rotatable bonds is 6. The Morgan fingerprint density at radius 3 is 2.56 bits per heavy atom. The Hall–Kier alpha value is -4.27. The van der Waals surface area contributed by atoms with Gasteiger partial charge in [0.1, 0.15) is 11.6 Å². The normalized spacial score (nSPS) is 11.3. The van der Waals surface area contributed by atoms with Crippen LogP contribution >= 0.6 is 0 Å². The Morgan fingerprint density at radius 2 is 1.81 bits per heavy atom. The van der Waals surface area contributed by atoms with Gasteiger partial charge in [0.05, 0.1) is 16.8 Å². The number of aromatic nitrogens is 3. The Labute approximate surface area is 206 Å². The molecule has 4 aromatic rings. The third kappa shape index (κ3) is 5.35. The summed E-state index contributed by atoms with van der Waals surface area (Å²) in [6.45, 7) is 5.10. The van der Waals surface area contributed by atoms with Crippen LogP contribution in [0.15, 0.2) is 67.0 Å². The summed E-state index contributed by atoms with van der Waals surface area (Å²) in [4.78, 5) is 26.0. The number of hydrogen-bond donors (Lipinski definition) is 1. The van der Waals surface area contributed by atoms with E-state index in [0.717, 1.165) is 11.6 Å². The molecule has 2 heterocycles. The predicted molar refractivity (Wildman–Crippen MR) is 130 cm³/mol.